The molecule has 2 aliphatic rings. The number of aromatic amines is 1. The Hall–Kier alpha value is -2.88. The van der Waals surface area contributed by atoms with Crippen LogP contribution in [0.2, 0.25) is 0 Å². The maximum Gasteiger partial charge on any atom is 0.257 e. The maximum atomic E-state index is 14.5. The van der Waals surface area contributed by atoms with Crippen molar-refractivity contribution in [3.8, 4) is 5.88 Å². The fourth-order valence-electron chi connectivity index (χ4n) is 3.61. The Labute approximate surface area is 178 Å². The number of aromatic nitrogens is 3. The molecule has 10 heteroatoms. The molecule has 0 bridgehead atoms. The molecule has 4 rings (SSSR count). The molecule has 1 saturated carbocycles. The van der Waals surface area contributed by atoms with Crippen molar-refractivity contribution < 1.29 is 18.3 Å². The van der Waals surface area contributed by atoms with Gasteiger partial charge in [-0.05, 0) is 37.3 Å². The van der Waals surface area contributed by atoms with Gasteiger partial charge in [-0.15, -0.1) is 10.2 Å². The van der Waals surface area contributed by atoms with Gasteiger partial charge in [0, 0.05) is 37.8 Å². The van der Waals surface area contributed by atoms with Crippen LogP contribution in [0.25, 0.3) is 0 Å². The molecular formula is C21H25F2N5O3. The predicted molar refractivity (Wildman–Crippen MR) is 109 cm³/mol. The molecule has 2 aromatic heterocycles. The van der Waals surface area contributed by atoms with Crippen LogP contribution in [0.15, 0.2) is 35.3 Å². The quantitative estimate of drug-likeness (QED) is 0.696. The lowest BCUT2D eigenvalue weighted by molar-refractivity contribution is -0.125. The fraction of sp³-hybridized carbons (Fsp3) is 0.524. The molecule has 166 valence electrons. The van der Waals surface area contributed by atoms with Gasteiger partial charge >= 0.3 is 0 Å². The van der Waals surface area contributed by atoms with Crippen LogP contribution in [0.4, 0.5) is 14.6 Å². The summed E-state index contributed by atoms with van der Waals surface area (Å²) in [6, 6.07) is 5.25. The van der Waals surface area contributed by atoms with E-state index in [0.717, 1.165) is 0 Å². The lowest BCUT2D eigenvalue weighted by Gasteiger charge is -2.40. The number of H-pyrrole nitrogens is 1. The topological polar surface area (TPSA) is 100 Å². The number of anilines is 1. The number of rotatable bonds is 7. The number of nitrogens with zero attached hydrogens (tertiary/aromatic N) is 3. The van der Waals surface area contributed by atoms with Crippen molar-refractivity contribution in [2.75, 3.05) is 25.0 Å². The highest BCUT2D eigenvalue weighted by molar-refractivity contribution is 5.93. The molecule has 2 aromatic rings. The lowest BCUT2D eigenvalue weighted by atomic mass is 9.87. The van der Waals surface area contributed by atoms with Crippen molar-refractivity contribution in [1.82, 2.24) is 20.1 Å². The van der Waals surface area contributed by atoms with Crippen molar-refractivity contribution >= 4 is 11.7 Å². The highest BCUT2D eigenvalue weighted by Gasteiger charge is 2.46. The summed E-state index contributed by atoms with van der Waals surface area (Å²) in [4.78, 5) is 28.1. The second-order valence-corrected chi connectivity index (χ2v) is 8.22. The third-order valence-corrected chi connectivity index (χ3v) is 5.85. The molecule has 3 heterocycles. The van der Waals surface area contributed by atoms with Crippen LogP contribution in [-0.4, -0.2) is 57.6 Å². The van der Waals surface area contributed by atoms with Crippen LogP contribution in [-0.2, 0) is 4.79 Å². The highest BCUT2D eigenvalue weighted by Crippen LogP contribution is 2.40. The molecule has 0 aromatic carbocycles. The van der Waals surface area contributed by atoms with Gasteiger partial charge in [-0.3, -0.25) is 14.5 Å². The van der Waals surface area contributed by atoms with E-state index in [1.165, 1.54) is 31.2 Å². The highest BCUT2D eigenvalue weighted by atomic mass is 19.3. The molecular weight excluding hydrogens is 408 g/mol. The summed E-state index contributed by atoms with van der Waals surface area (Å²) in [5.74, 6) is -3.12. The zero-order valence-electron chi connectivity index (χ0n) is 17.2. The number of hydrogen-bond acceptors (Lipinski definition) is 6. The molecule has 1 aliphatic carbocycles. The second-order valence-electron chi connectivity index (χ2n) is 8.22. The standard InChI is InChI=1S/C21H25F2N5O3/c1-13(20(30)25-17-5-7-19(27-26-17)31-12-14-2-3-14)28-9-8-21(22,23)16(11-28)15-4-6-18(29)24-10-15/h4-7,10,13-14,16H,2-3,8-9,11-12H2,1H3,(H,24,29)(H,25,26,30)/t13-,16+/m0/s1. The van der Waals surface area contributed by atoms with Crippen LogP contribution in [0.5, 0.6) is 5.88 Å². The third-order valence-electron chi connectivity index (χ3n) is 5.85. The summed E-state index contributed by atoms with van der Waals surface area (Å²) < 4.78 is 34.6. The Balaban J connectivity index is 1.37. The molecule has 31 heavy (non-hydrogen) atoms. The van der Waals surface area contributed by atoms with E-state index in [9.17, 15) is 18.4 Å². The first kappa shape index (κ1) is 21.4. The smallest absolute Gasteiger partial charge is 0.257 e. The monoisotopic (exact) mass is 433 g/mol. The van der Waals surface area contributed by atoms with Crippen molar-refractivity contribution in [2.45, 2.75) is 44.1 Å². The molecule has 0 unspecified atom stereocenters. The van der Waals surface area contributed by atoms with Gasteiger partial charge in [0.05, 0.1) is 18.6 Å². The Morgan fingerprint density at radius 2 is 2.13 bits per heavy atom. The minimum atomic E-state index is -2.92. The summed E-state index contributed by atoms with van der Waals surface area (Å²) in [6.45, 7) is 2.37. The summed E-state index contributed by atoms with van der Waals surface area (Å²) >= 11 is 0. The molecule has 0 spiro atoms. The molecule has 0 radical (unpaired) electrons. The number of nitrogens with one attached hydrogen (secondary N) is 2. The third kappa shape index (κ3) is 5.25. The number of piperidine rings is 1. The largest absolute Gasteiger partial charge is 0.476 e. The lowest BCUT2D eigenvalue weighted by Crippen LogP contribution is -2.52. The van der Waals surface area contributed by atoms with Gasteiger partial charge in [-0.25, -0.2) is 8.78 Å². The zero-order valence-corrected chi connectivity index (χ0v) is 17.2. The predicted octanol–water partition coefficient (Wildman–Crippen LogP) is 2.41. The Bertz CT molecular complexity index is 957. The average Bonchev–Trinajstić information content (AvgIpc) is 3.58. The molecule has 1 saturated heterocycles. The summed E-state index contributed by atoms with van der Waals surface area (Å²) in [5.41, 5.74) is -0.00731. The number of alkyl halides is 2. The van der Waals surface area contributed by atoms with E-state index in [0.29, 0.717) is 24.0 Å². The van der Waals surface area contributed by atoms with Gasteiger partial charge in [0.1, 0.15) is 0 Å². The first-order chi connectivity index (χ1) is 14.8. The van der Waals surface area contributed by atoms with Crippen molar-refractivity contribution in [1.29, 1.82) is 0 Å². The van der Waals surface area contributed by atoms with E-state index in [1.807, 2.05) is 0 Å². The van der Waals surface area contributed by atoms with Gasteiger partial charge in [0.25, 0.3) is 5.92 Å². The van der Waals surface area contributed by atoms with Crippen molar-refractivity contribution in [3.63, 3.8) is 0 Å². The molecule has 1 aliphatic heterocycles. The molecule has 2 fully saturated rings. The second kappa shape index (κ2) is 8.70. The number of carbonyl (C=O) groups excluding carboxylic acids is 1. The van der Waals surface area contributed by atoms with E-state index >= 15 is 0 Å². The van der Waals surface area contributed by atoms with Gasteiger partial charge in [0.15, 0.2) is 5.82 Å². The number of likely N-dealkylation sites (tertiary alicyclic amines) is 1. The first-order valence-corrected chi connectivity index (χ1v) is 10.4. The van der Waals surface area contributed by atoms with Gasteiger partial charge in [0.2, 0.25) is 17.3 Å². The average molecular weight is 433 g/mol. The SMILES string of the molecule is C[C@@H](C(=O)Nc1ccc(OCC2CC2)nn1)N1CCC(F)(F)[C@@H](c2ccc(=O)[nH]c2)C1. The van der Waals surface area contributed by atoms with Crippen molar-refractivity contribution in [3.05, 3.63) is 46.4 Å². The fourth-order valence-corrected chi connectivity index (χ4v) is 3.61. The van der Waals surface area contributed by atoms with Gasteiger partial charge < -0.3 is 15.0 Å². The number of carbonyl (C=O) groups is 1. The summed E-state index contributed by atoms with van der Waals surface area (Å²) in [7, 11) is 0. The molecule has 1 amide bonds. The first-order valence-electron chi connectivity index (χ1n) is 10.4. The van der Waals surface area contributed by atoms with Crippen LogP contribution in [0, 0.1) is 5.92 Å². The number of amides is 1. The van der Waals surface area contributed by atoms with E-state index in [4.69, 9.17) is 4.74 Å². The van der Waals surface area contributed by atoms with Crippen LogP contribution in [0.3, 0.4) is 0 Å². The minimum absolute atomic E-state index is 0.00669. The number of ether oxygens (including phenoxy) is 1. The Morgan fingerprint density at radius 3 is 2.77 bits per heavy atom. The Kier molecular flexibility index (Phi) is 5.99. The maximum absolute atomic E-state index is 14.5. The number of pyridine rings is 1. The van der Waals surface area contributed by atoms with Crippen molar-refractivity contribution in [2.24, 2.45) is 5.92 Å². The number of hydrogen-bond donors (Lipinski definition) is 2. The van der Waals surface area contributed by atoms with Gasteiger partial charge in [-0.1, -0.05) is 6.07 Å². The molecule has 2 atom stereocenters. The van der Waals surface area contributed by atoms with Crippen LogP contribution in [0.1, 0.15) is 37.7 Å². The number of halogens is 2. The van der Waals surface area contributed by atoms with Crippen LogP contribution >= 0.6 is 0 Å². The van der Waals surface area contributed by atoms with E-state index < -0.39 is 17.9 Å². The zero-order chi connectivity index (χ0) is 22.0. The normalized spacial score (nSPS) is 22.0. The Morgan fingerprint density at radius 1 is 1.32 bits per heavy atom. The van der Waals surface area contributed by atoms with E-state index in [1.54, 1.807) is 24.0 Å². The van der Waals surface area contributed by atoms with E-state index in [2.05, 4.69) is 20.5 Å². The molecule has 8 nitrogen and oxygen atoms in total. The summed E-state index contributed by atoms with van der Waals surface area (Å²) in [5, 5.41) is 10.6. The summed E-state index contributed by atoms with van der Waals surface area (Å²) in [6.07, 6.45) is 3.29. The van der Waals surface area contributed by atoms with Crippen LogP contribution < -0.4 is 15.6 Å². The molecule has 2 N–H and O–H groups in total. The minimum Gasteiger partial charge on any atom is -0.476 e. The van der Waals surface area contributed by atoms with Gasteiger partial charge in [-0.2, -0.15) is 0 Å². The van der Waals surface area contributed by atoms with E-state index in [-0.39, 0.29) is 36.8 Å².